The summed E-state index contributed by atoms with van der Waals surface area (Å²) in [7, 11) is 0. The second-order valence-electron chi connectivity index (χ2n) is 4.29. The average molecular weight is 217 g/mol. The summed E-state index contributed by atoms with van der Waals surface area (Å²) in [6.07, 6.45) is 5.23. The van der Waals surface area contributed by atoms with Crippen LogP contribution in [0.1, 0.15) is 24.8 Å². The van der Waals surface area contributed by atoms with Crippen molar-refractivity contribution in [2.45, 2.75) is 25.7 Å². The van der Waals surface area contributed by atoms with Gasteiger partial charge in [0.05, 0.1) is 4.92 Å². The summed E-state index contributed by atoms with van der Waals surface area (Å²) in [5, 5.41) is 10.7. The molecule has 3 heteroatoms. The SMILES string of the molecule is O=[N+]([O-])C1=CCCC(Cc2ccccc2)C1. The zero-order valence-corrected chi connectivity index (χ0v) is 9.13. The van der Waals surface area contributed by atoms with E-state index in [-0.39, 0.29) is 4.92 Å². The maximum atomic E-state index is 10.7. The van der Waals surface area contributed by atoms with Crippen molar-refractivity contribution in [2.24, 2.45) is 5.92 Å². The molecule has 0 spiro atoms. The first-order chi connectivity index (χ1) is 7.75. The molecule has 1 atom stereocenters. The summed E-state index contributed by atoms with van der Waals surface area (Å²) in [4.78, 5) is 10.5. The van der Waals surface area contributed by atoms with Gasteiger partial charge < -0.3 is 0 Å². The van der Waals surface area contributed by atoms with E-state index in [0.717, 1.165) is 19.3 Å². The van der Waals surface area contributed by atoms with Gasteiger partial charge in [-0.05, 0) is 36.8 Å². The van der Waals surface area contributed by atoms with E-state index < -0.39 is 0 Å². The van der Waals surface area contributed by atoms with Crippen LogP contribution in [0.4, 0.5) is 0 Å². The van der Waals surface area contributed by atoms with Gasteiger partial charge in [0.25, 0.3) is 0 Å². The van der Waals surface area contributed by atoms with Crippen molar-refractivity contribution >= 4 is 0 Å². The van der Waals surface area contributed by atoms with Crippen molar-refractivity contribution in [1.82, 2.24) is 0 Å². The zero-order valence-electron chi connectivity index (χ0n) is 9.13. The van der Waals surface area contributed by atoms with Crippen LogP contribution in [0.15, 0.2) is 42.1 Å². The second-order valence-corrected chi connectivity index (χ2v) is 4.29. The summed E-state index contributed by atoms with van der Waals surface area (Å²) in [5.74, 6) is 0.424. The van der Waals surface area contributed by atoms with Crippen molar-refractivity contribution in [3.8, 4) is 0 Å². The Morgan fingerprint density at radius 2 is 2.06 bits per heavy atom. The highest BCUT2D eigenvalue weighted by molar-refractivity contribution is 5.16. The molecule has 0 radical (unpaired) electrons. The van der Waals surface area contributed by atoms with Gasteiger partial charge in [0, 0.05) is 6.42 Å². The minimum absolute atomic E-state index is 0.239. The molecule has 16 heavy (non-hydrogen) atoms. The molecule has 1 aliphatic carbocycles. The molecule has 1 aromatic carbocycles. The Labute approximate surface area is 94.9 Å². The van der Waals surface area contributed by atoms with Crippen molar-refractivity contribution in [2.75, 3.05) is 0 Å². The molecule has 0 saturated carbocycles. The van der Waals surface area contributed by atoms with E-state index in [1.54, 1.807) is 6.08 Å². The lowest BCUT2D eigenvalue weighted by molar-refractivity contribution is -0.430. The molecule has 0 N–H and O–H groups in total. The molecule has 0 bridgehead atoms. The predicted octanol–water partition coefficient (Wildman–Crippen LogP) is 3.19. The van der Waals surface area contributed by atoms with Crippen LogP contribution in [-0.4, -0.2) is 4.92 Å². The number of rotatable bonds is 3. The summed E-state index contributed by atoms with van der Waals surface area (Å²) in [6, 6.07) is 10.2. The number of nitro groups is 1. The van der Waals surface area contributed by atoms with Crippen LogP contribution in [0.25, 0.3) is 0 Å². The van der Waals surface area contributed by atoms with Gasteiger partial charge >= 0.3 is 0 Å². The molecule has 0 amide bonds. The largest absolute Gasteiger partial charge is 0.259 e. The minimum Gasteiger partial charge on any atom is -0.259 e. The van der Waals surface area contributed by atoms with E-state index in [0.29, 0.717) is 18.0 Å². The highest BCUT2D eigenvalue weighted by Gasteiger charge is 2.22. The molecular formula is C13H15NO2. The van der Waals surface area contributed by atoms with Gasteiger partial charge in [-0.25, -0.2) is 0 Å². The van der Waals surface area contributed by atoms with E-state index in [1.165, 1.54) is 5.56 Å². The van der Waals surface area contributed by atoms with E-state index in [1.807, 2.05) is 18.2 Å². The van der Waals surface area contributed by atoms with Crippen LogP contribution in [0, 0.1) is 16.0 Å². The van der Waals surface area contributed by atoms with Crippen LogP contribution in [-0.2, 0) is 6.42 Å². The molecule has 0 aromatic heterocycles. The van der Waals surface area contributed by atoms with Crippen molar-refractivity contribution < 1.29 is 4.92 Å². The molecular weight excluding hydrogens is 202 g/mol. The number of hydrogen-bond donors (Lipinski definition) is 0. The standard InChI is InChI=1S/C13H15NO2/c15-14(16)13-8-4-7-12(10-13)9-11-5-2-1-3-6-11/h1-3,5-6,8,12H,4,7,9-10H2. The summed E-state index contributed by atoms with van der Waals surface area (Å²) >= 11 is 0. The third-order valence-corrected chi connectivity index (χ3v) is 3.05. The summed E-state index contributed by atoms with van der Waals surface area (Å²) in [6.45, 7) is 0. The first-order valence-corrected chi connectivity index (χ1v) is 5.63. The molecule has 0 fully saturated rings. The quantitative estimate of drug-likeness (QED) is 0.576. The number of hydrogen-bond acceptors (Lipinski definition) is 2. The Morgan fingerprint density at radius 1 is 1.31 bits per heavy atom. The van der Waals surface area contributed by atoms with E-state index in [2.05, 4.69) is 12.1 Å². The molecule has 0 saturated heterocycles. The lowest BCUT2D eigenvalue weighted by Crippen LogP contribution is -2.13. The van der Waals surface area contributed by atoms with Crippen molar-refractivity contribution in [1.29, 1.82) is 0 Å². The summed E-state index contributed by atoms with van der Waals surface area (Å²) < 4.78 is 0. The lowest BCUT2D eigenvalue weighted by Gasteiger charge is -2.18. The van der Waals surface area contributed by atoms with Crippen LogP contribution >= 0.6 is 0 Å². The molecule has 1 unspecified atom stereocenters. The third-order valence-electron chi connectivity index (χ3n) is 3.05. The van der Waals surface area contributed by atoms with Gasteiger partial charge in [0.2, 0.25) is 5.70 Å². The van der Waals surface area contributed by atoms with Crippen molar-refractivity contribution in [3.05, 3.63) is 57.8 Å². The molecule has 1 aliphatic rings. The molecule has 0 aliphatic heterocycles. The summed E-state index contributed by atoms with van der Waals surface area (Å²) in [5.41, 5.74) is 1.67. The van der Waals surface area contributed by atoms with Gasteiger partial charge in [-0.15, -0.1) is 0 Å². The van der Waals surface area contributed by atoms with Crippen LogP contribution in [0.5, 0.6) is 0 Å². The highest BCUT2D eigenvalue weighted by Crippen LogP contribution is 2.27. The average Bonchev–Trinajstić information content (AvgIpc) is 2.30. The van der Waals surface area contributed by atoms with Gasteiger partial charge in [0.1, 0.15) is 0 Å². The molecule has 3 nitrogen and oxygen atoms in total. The van der Waals surface area contributed by atoms with Gasteiger partial charge in [-0.3, -0.25) is 10.1 Å². The smallest absolute Gasteiger partial charge is 0.242 e. The van der Waals surface area contributed by atoms with E-state index in [9.17, 15) is 10.1 Å². The maximum Gasteiger partial charge on any atom is 0.242 e. The first-order valence-electron chi connectivity index (χ1n) is 5.63. The minimum atomic E-state index is -0.239. The van der Waals surface area contributed by atoms with E-state index >= 15 is 0 Å². The highest BCUT2D eigenvalue weighted by atomic mass is 16.6. The third kappa shape index (κ3) is 2.69. The molecule has 0 heterocycles. The molecule has 1 aromatic rings. The van der Waals surface area contributed by atoms with Crippen molar-refractivity contribution in [3.63, 3.8) is 0 Å². The molecule has 2 rings (SSSR count). The zero-order chi connectivity index (χ0) is 11.4. The Morgan fingerprint density at radius 3 is 2.75 bits per heavy atom. The fourth-order valence-corrected chi connectivity index (χ4v) is 2.24. The van der Waals surface area contributed by atoms with Crippen LogP contribution in [0.3, 0.4) is 0 Å². The normalized spacial score (nSPS) is 20.2. The Bertz CT molecular complexity index is 398. The topological polar surface area (TPSA) is 43.1 Å². The number of nitrogens with zero attached hydrogens (tertiary/aromatic N) is 1. The Hall–Kier alpha value is -1.64. The van der Waals surface area contributed by atoms with Gasteiger partial charge in [0.15, 0.2) is 0 Å². The lowest BCUT2D eigenvalue weighted by atomic mass is 9.87. The van der Waals surface area contributed by atoms with Crippen LogP contribution in [0.2, 0.25) is 0 Å². The monoisotopic (exact) mass is 217 g/mol. The van der Waals surface area contributed by atoms with Gasteiger partial charge in [-0.2, -0.15) is 0 Å². The maximum absolute atomic E-state index is 10.7. The van der Waals surface area contributed by atoms with Crippen LogP contribution < -0.4 is 0 Å². The van der Waals surface area contributed by atoms with E-state index in [4.69, 9.17) is 0 Å². The fraction of sp³-hybridized carbons (Fsp3) is 0.385. The number of allylic oxidation sites excluding steroid dienone is 2. The first kappa shape index (κ1) is 10.9. The Kier molecular flexibility index (Phi) is 3.34. The number of benzene rings is 1. The second kappa shape index (κ2) is 4.92. The Balaban J connectivity index is 1.98. The molecule has 84 valence electrons. The van der Waals surface area contributed by atoms with Gasteiger partial charge in [-0.1, -0.05) is 30.3 Å². The predicted molar refractivity (Wildman–Crippen MR) is 62.6 cm³/mol. The fourth-order valence-electron chi connectivity index (χ4n) is 2.24.